The molecule has 3 aromatic rings. The monoisotopic (exact) mass is 347 g/mol. The Morgan fingerprint density at radius 1 is 1.22 bits per heavy atom. The molecule has 2 heterocycles. The average molecular weight is 348 g/mol. The predicted molar refractivity (Wildman–Crippen MR) is 97.6 cm³/mol. The molecule has 0 amide bonds. The lowest BCUT2D eigenvalue weighted by molar-refractivity contribution is 0.302. The number of likely N-dealkylation sites (N-methyl/N-ethyl adjacent to an activating group) is 1. The van der Waals surface area contributed by atoms with Gasteiger partial charge in [0.2, 0.25) is 0 Å². The summed E-state index contributed by atoms with van der Waals surface area (Å²) < 4.78 is 0. The minimum atomic E-state index is 0.0960. The number of hydrogen-bond acceptors (Lipinski definition) is 5. The Labute approximate surface area is 144 Å². The van der Waals surface area contributed by atoms with Gasteiger partial charge in [0.25, 0.3) is 0 Å². The third-order valence-electron chi connectivity index (χ3n) is 3.73. The lowest BCUT2D eigenvalue weighted by atomic mass is 10.1. The molecular formula is C17H18ClN3OS. The van der Waals surface area contributed by atoms with Gasteiger partial charge >= 0.3 is 0 Å². The predicted octanol–water partition coefficient (Wildman–Crippen LogP) is 4.14. The largest absolute Gasteiger partial charge is 0.395 e. The van der Waals surface area contributed by atoms with Crippen molar-refractivity contribution in [1.82, 2.24) is 9.97 Å². The maximum atomic E-state index is 9.34. The van der Waals surface area contributed by atoms with Gasteiger partial charge in [-0.3, -0.25) is 0 Å². The first-order valence-electron chi connectivity index (χ1n) is 7.51. The zero-order valence-corrected chi connectivity index (χ0v) is 14.7. The highest BCUT2D eigenvalue weighted by atomic mass is 35.5. The van der Waals surface area contributed by atoms with Crippen LogP contribution in [0.5, 0.6) is 0 Å². The highest BCUT2D eigenvalue weighted by molar-refractivity contribution is 7.17. The van der Waals surface area contributed by atoms with Crippen LogP contribution in [0.3, 0.4) is 0 Å². The van der Waals surface area contributed by atoms with Crippen molar-refractivity contribution in [3.63, 3.8) is 0 Å². The summed E-state index contributed by atoms with van der Waals surface area (Å²) in [7, 11) is 0. The first-order chi connectivity index (χ1) is 11.1. The van der Waals surface area contributed by atoms with Gasteiger partial charge in [0.15, 0.2) is 0 Å². The lowest BCUT2D eigenvalue weighted by Gasteiger charge is -2.22. The number of hydrogen-bond donors (Lipinski definition) is 1. The summed E-state index contributed by atoms with van der Waals surface area (Å²) in [6.07, 6.45) is 0. The molecule has 0 unspecified atom stereocenters. The summed E-state index contributed by atoms with van der Waals surface area (Å²) >= 11 is 7.61. The molecule has 0 fully saturated rings. The quantitative estimate of drug-likeness (QED) is 0.753. The molecule has 1 aromatic carbocycles. The zero-order chi connectivity index (χ0) is 16.4. The molecule has 1 N–H and O–H groups in total. The van der Waals surface area contributed by atoms with Gasteiger partial charge in [-0.15, -0.1) is 11.3 Å². The molecule has 0 aliphatic carbocycles. The minimum Gasteiger partial charge on any atom is -0.395 e. The maximum Gasteiger partial charge on any atom is 0.141 e. The van der Waals surface area contributed by atoms with Crippen molar-refractivity contribution in [3.05, 3.63) is 40.5 Å². The topological polar surface area (TPSA) is 49.2 Å². The van der Waals surface area contributed by atoms with E-state index < -0.39 is 0 Å². The van der Waals surface area contributed by atoms with Crippen LogP contribution in [0.15, 0.2) is 29.6 Å². The molecule has 0 radical (unpaired) electrons. The molecule has 3 rings (SSSR count). The molecule has 2 aromatic heterocycles. The number of rotatable bonds is 5. The van der Waals surface area contributed by atoms with E-state index in [0.717, 1.165) is 44.6 Å². The molecule has 120 valence electrons. The molecule has 0 aliphatic rings. The third kappa shape index (κ3) is 3.17. The van der Waals surface area contributed by atoms with Crippen molar-refractivity contribution in [2.24, 2.45) is 0 Å². The zero-order valence-electron chi connectivity index (χ0n) is 13.1. The van der Waals surface area contributed by atoms with Crippen LogP contribution >= 0.6 is 22.9 Å². The van der Waals surface area contributed by atoms with Gasteiger partial charge < -0.3 is 10.0 Å². The van der Waals surface area contributed by atoms with Crippen LogP contribution in [0, 0.1) is 6.92 Å². The van der Waals surface area contributed by atoms with Crippen LogP contribution < -0.4 is 4.90 Å². The van der Waals surface area contributed by atoms with Gasteiger partial charge in [-0.1, -0.05) is 23.7 Å². The van der Waals surface area contributed by atoms with E-state index in [-0.39, 0.29) is 6.61 Å². The average Bonchev–Trinajstić information content (AvgIpc) is 2.96. The van der Waals surface area contributed by atoms with Crippen molar-refractivity contribution in [3.8, 4) is 11.1 Å². The van der Waals surface area contributed by atoms with Crippen molar-refractivity contribution >= 4 is 39.0 Å². The Hall–Kier alpha value is -1.69. The van der Waals surface area contributed by atoms with Crippen LogP contribution in [0.1, 0.15) is 12.7 Å². The van der Waals surface area contributed by atoms with E-state index in [1.54, 1.807) is 11.3 Å². The first kappa shape index (κ1) is 16.2. The number of aliphatic hydroxyl groups excluding tert-OH is 1. The Kier molecular flexibility index (Phi) is 4.80. The van der Waals surface area contributed by atoms with E-state index in [1.165, 1.54) is 0 Å². The fourth-order valence-electron chi connectivity index (χ4n) is 2.63. The van der Waals surface area contributed by atoms with Crippen molar-refractivity contribution in [1.29, 1.82) is 0 Å². The van der Waals surface area contributed by atoms with E-state index in [4.69, 9.17) is 11.6 Å². The van der Waals surface area contributed by atoms with Crippen molar-refractivity contribution < 1.29 is 5.11 Å². The van der Waals surface area contributed by atoms with Crippen molar-refractivity contribution in [2.75, 3.05) is 24.6 Å². The number of aryl methyl sites for hydroxylation is 1. The standard InChI is InChI=1S/C17H18ClN3OS/c1-3-21(8-9-22)16-15-14(12-4-6-13(18)7-5-12)10-23-17(15)20-11(2)19-16/h4-7,10,22H,3,8-9H2,1-2H3. The van der Waals surface area contributed by atoms with Gasteiger partial charge in [0.1, 0.15) is 16.5 Å². The van der Waals surface area contributed by atoms with Gasteiger partial charge in [-0.25, -0.2) is 9.97 Å². The Morgan fingerprint density at radius 3 is 2.61 bits per heavy atom. The van der Waals surface area contributed by atoms with Gasteiger partial charge in [-0.2, -0.15) is 0 Å². The van der Waals surface area contributed by atoms with E-state index in [1.807, 2.05) is 31.2 Å². The second-order valence-electron chi connectivity index (χ2n) is 5.23. The van der Waals surface area contributed by atoms with Crippen LogP contribution in [0.4, 0.5) is 5.82 Å². The number of benzene rings is 1. The maximum absolute atomic E-state index is 9.34. The van der Waals surface area contributed by atoms with E-state index >= 15 is 0 Å². The fraction of sp³-hybridized carbons (Fsp3) is 0.294. The van der Waals surface area contributed by atoms with Gasteiger partial charge in [0, 0.05) is 29.1 Å². The molecule has 6 heteroatoms. The van der Waals surface area contributed by atoms with Gasteiger partial charge in [-0.05, 0) is 31.5 Å². The van der Waals surface area contributed by atoms with Crippen LogP contribution in [-0.2, 0) is 0 Å². The SMILES string of the molecule is CCN(CCO)c1nc(C)nc2scc(-c3ccc(Cl)cc3)c12. The highest BCUT2D eigenvalue weighted by Gasteiger charge is 2.18. The molecule has 0 saturated heterocycles. The fourth-order valence-corrected chi connectivity index (χ4v) is 3.75. The smallest absolute Gasteiger partial charge is 0.141 e. The second kappa shape index (κ2) is 6.83. The summed E-state index contributed by atoms with van der Waals surface area (Å²) in [5.41, 5.74) is 2.20. The van der Waals surface area contributed by atoms with Crippen LogP contribution in [-0.4, -0.2) is 34.8 Å². The third-order valence-corrected chi connectivity index (χ3v) is 4.86. The number of thiophene rings is 1. The van der Waals surface area contributed by atoms with E-state index in [0.29, 0.717) is 6.54 Å². The summed E-state index contributed by atoms with van der Waals surface area (Å²) in [6.45, 7) is 5.39. The number of halogens is 1. The summed E-state index contributed by atoms with van der Waals surface area (Å²) in [5, 5.41) is 13.2. The number of anilines is 1. The van der Waals surface area contributed by atoms with Crippen molar-refractivity contribution in [2.45, 2.75) is 13.8 Å². The molecule has 0 spiro atoms. The number of fused-ring (bicyclic) bond motifs is 1. The molecular weight excluding hydrogens is 330 g/mol. The number of aromatic nitrogens is 2. The molecule has 0 bridgehead atoms. The summed E-state index contributed by atoms with van der Waals surface area (Å²) in [4.78, 5) is 12.3. The first-order valence-corrected chi connectivity index (χ1v) is 8.77. The number of aliphatic hydroxyl groups is 1. The van der Waals surface area contributed by atoms with Crippen LogP contribution in [0.25, 0.3) is 21.3 Å². The normalized spacial score (nSPS) is 11.1. The summed E-state index contributed by atoms with van der Waals surface area (Å²) in [6, 6.07) is 7.80. The Balaban J connectivity index is 2.22. The van der Waals surface area contributed by atoms with Gasteiger partial charge in [0.05, 0.1) is 12.0 Å². The van der Waals surface area contributed by atoms with Crippen LogP contribution in [0.2, 0.25) is 5.02 Å². The second-order valence-corrected chi connectivity index (χ2v) is 6.53. The van der Waals surface area contributed by atoms with E-state index in [9.17, 15) is 5.11 Å². The highest BCUT2D eigenvalue weighted by Crippen LogP contribution is 2.38. The van der Waals surface area contributed by atoms with E-state index in [2.05, 4.69) is 27.2 Å². The molecule has 0 atom stereocenters. The molecule has 23 heavy (non-hydrogen) atoms. The molecule has 0 aliphatic heterocycles. The minimum absolute atomic E-state index is 0.0960. The number of nitrogens with zero attached hydrogens (tertiary/aromatic N) is 3. The molecule has 0 saturated carbocycles. The molecule has 4 nitrogen and oxygen atoms in total. The Bertz CT molecular complexity index is 817. The Morgan fingerprint density at radius 2 is 1.96 bits per heavy atom. The lowest BCUT2D eigenvalue weighted by Crippen LogP contribution is -2.27. The summed E-state index contributed by atoms with van der Waals surface area (Å²) in [5.74, 6) is 1.63.